The quantitative estimate of drug-likeness (QED) is 0.769. The Morgan fingerprint density at radius 1 is 1.14 bits per heavy atom. The molecule has 1 N–H and O–H groups in total. The third-order valence-corrected chi connectivity index (χ3v) is 2.15. The van der Waals surface area contributed by atoms with Gasteiger partial charge in [0, 0.05) is 6.54 Å². The summed E-state index contributed by atoms with van der Waals surface area (Å²) in [6.07, 6.45) is 0.838. The molecule has 0 saturated heterocycles. The Balaban J connectivity index is 0. The van der Waals surface area contributed by atoms with Gasteiger partial charge in [0.05, 0.1) is 5.60 Å². The van der Waals surface area contributed by atoms with E-state index in [-0.39, 0.29) is 18.9 Å². The van der Waals surface area contributed by atoms with Crippen molar-refractivity contribution in [3.63, 3.8) is 0 Å². The van der Waals surface area contributed by atoms with Crippen LogP contribution in [0.25, 0.3) is 0 Å². The van der Waals surface area contributed by atoms with Gasteiger partial charge in [0.25, 0.3) is 0 Å². The maximum absolute atomic E-state index is 9.72. The van der Waals surface area contributed by atoms with Crippen molar-refractivity contribution in [2.45, 2.75) is 46.6 Å². The average Bonchev–Trinajstić information content (AvgIpc) is 1.80. The largest absolute Gasteiger partial charge is 0.390 e. The Morgan fingerprint density at radius 3 is 1.86 bits per heavy atom. The molecule has 0 bridgehead atoms. The van der Waals surface area contributed by atoms with E-state index in [0.717, 1.165) is 19.5 Å². The topological polar surface area (TPSA) is 23.5 Å². The lowest BCUT2D eigenvalue weighted by Gasteiger charge is -2.34. The molecule has 0 fully saturated rings. The second kappa shape index (κ2) is 5.99. The summed E-state index contributed by atoms with van der Waals surface area (Å²) in [5.74, 6) is 0. The molecule has 0 aromatic heterocycles. The highest BCUT2D eigenvalue weighted by atomic mass is 32.1. The second-order valence-corrected chi connectivity index (χ2v) is 5.48. The van der Waals surface area contributed by atoms with Crippen LogP contribution in [-0.2, 0) is 0 Å². The first-order valence-corrected chi connectivity index (χ1v) is 5.07. The van der Waals surface area contributed by atoms with E-state index in [1.165, 1.54) is 0 Å². The van der Waals surface area contributed by atoms with Crippen molar-refractivity contribution in [3.05, 3.63) is 0 Å². The van der Waals surface area contributed by atoms with Crippen LogP contribution in [0.5, 0.6) is 0 Å². The van der Waals surface area contributed by atoms with E-state index < -0.39 is 5.60 Å². The first-order chi connectivity index (χ1) is 5.66. The Hall–Kier alpha value is 0.270. The van der Waals surface area contributed by atoms with Crippen LogP contribution in [0.2, 0.25) is 0 Å². The lowest BCUT2D eigenvalue weighted by Crippen LogP contribution is -2.37. The van der Waals surface area contributed by atoms with Crippen LogP contribution >= 0.6 is 13.5 Å². The highest BCUT2D eigenvalue weighted by molar-refractivity contribution is 7.59. The van der Waals surface area contributed by atoms with Gasteiger partial charge in [-0.3, -0.25) is 0 Å². The average molecular weight is 221 g/mol. The molecule has 2 nitrogen and oxygen atoms in total. The third-order valence-electron chi connectivity index (χ3n) is 2.15. The van der Waals surface area contributed by atoms with E-state index in [9.17, 15) is 5.11 Å². The molecule has 0 aliphatic carbocycles. The molecule has 0 amide bonds. The Kier molecular flexibility index (Phi) is 7.14. The van der Waals surface area contributed by atoms with Crippen LogP contribution in [0.15, 0.2) is 0 Å². The van der Waals surface area contributed by atoms with Crippen LogP contribution in [0, 0.1) is 5.41 Å². The molecule has 88 valence electrons. The van der Waals surface area contributed by atoms with E-state index >= 15 is 0 Å². The van der Waals surface area contributed by atoms with Crippen LogP contribution < -0.4 is 0 Å². The van der Waals surface area contributed by atoms with E-state index in [2.05, 4.69) is 32.7 Å². The van der Waals surface area contributed by atoms with Crippen LogP contribution in [0.3, 0.4) is 0 Å². The minimum Gasteiger partial charge on any atom is -0.390 e. The molecule has 0 heterocycles. The Morgan fingerprint density at radius 2 is 1.57 bits per heavy atom. The molecule has 0 spiro atoms. The highest BCUT2D eigenvalue weighted by Crippen LogP contribution is 2.28. The van der Waals surface area contributed by atoms with Crippen molar-refractivity contribution in [1.29, 1.82) is 0 Å². The smallest absolute Gasteiger partial charge is 0.0597 e. The van der Waals surface area contributed by atoms with Crippen molar-refractivity contribution in [1.82, 2.24) is 4.90 Å². The van der Waals surface area contributed by atoms with Crippen molar-refractivity contribution in [2.75, 3.05) is 20.1 Å². The fraction of sp³-hybridized carbons (Fsp3) is 1.00. The molecule has 14 heavy (non-hydrogen) atoms. The molecule has 3 heteroatoms. The standard InChI is InChI=1S/C11H25NO.H2S/c1-7-12(6)9-10(2,3)8-11(4,5)13;/h13H,7-9H2,1-6H3;1H2. The van der Waals surface area contributed by atoms with Gasteiger partial charge in [0.1, 0.15) is 0 Å². The number of rotatable bonds is 5. The lowest BCUT2D eigenvalue weighted by molar-refractivity contribution is 0.0225. The highest BCUT2D eigenvalue weighted by Gasteiger charge is 2.27. The summed E-state index contributed by atoms with van der Waals surface area (Å²) in [5.41, 5.74) is -0.374. The minimum atomic E-state index is -0.557. The van der Waals surface area contributed by atoms with Crippen LogP contribution in [-0.4, -0.2) is 35.7 Å². The molecular weight excluding hydrogens is 194 g/mol. The summed E-state index contributed by atoms with van der Waals surface area (Å²) in [6, 6.07) is 0. The Labute approximate surface area is 96.1 Å². The molecule has 0 atom stereocenters. The fourth-order valence-electron chi connectivity index (χ4n) is 2.07. The number of nitrogens with zero attached hydrogens (tertiary/aromatic N) is 1. The molecule has 0 aliphatic rings. The molecule has 0 aliphatic heterocycles. The number of hydrogen-bond donors (Lipinski definition) is 1. The van der Waals surface area contributed by atoms with Gasteiger partial charge in [-0.15, -0.1) is 0 Å². The van der Waals surface area contributed by atoms with Gasteiger partial charge in [0.15, 0.2) is 0 Å². The SMILES string of the molecule is CCN(C)CC(C)(C)CC(C)(C)O.S. The Bertz CT molecular complexity index is 152. The van der Waals surface area contributed by atoms with Crippen molar-refractivity contribution >= 4 is 13.5 Å². The predicted molar refractivity (Wildman–Crippen MR) is 68.2 cm³/mol. The summed E-state index contributed by atoms with van der Waals surface area (Å²) < 4.78 is 0. The maximum atomic E-state index is 9.72. The zero-order chi connectivity index (χ0) is 10.7. The predicted octanol–water partition coefficient (Wildman–Crippen LogP) is 2.24. The van der Waals surface area contributed by atoms with Crippen molar-refractivity contribution < 1.29 is 5.11 Å². The molecule has 0 saturated carbocycles. The zero-order valence-electron chi connectivity index (χ0n) is 10.5. The summed E-state index contributed by atoms with van der Waals surface area (Å²) >= 11 is 0. The van der Waals surface area contributed by atoms with Gasteiger partial charge in [-0.1, -0.05) is 20.8 Å². The van der Waals surface area contributed by atoms with Gasteiger partial charge in [-0.2, -0.15) is 13.5 Å². The van der Waals surface area contributed by atoms with Gasteiger partial charge in [-0.25, -0.2) is 0 Å². The lowest BCUT2D eigenvalue weighted by atomic mass is 9.81. The number of hydrogen-bond acceptors (Lipinski definition) is 2. The molecular formula is C11H27NOS. The minimum absolute atomic E-state index is 0. The van der Waals surface area contributed by atoms with E-state index in [1.54, 1.807) is 0 Å². The molecule has 0 aromatic carbocycles. The zero-order valence-corrected chi connectivity index (χ0v) is 11.5. The molecule has 0 rings (SSSR count). The second-order valence-electron chi connectivity index (χ2n) is 5.48. The molecule has 0 radical (unpaired) electrons. The van der Waals surface area contributed by atoms with E-state index in [0.29, 0.717) is 0 Å². The van der Waals surface area contributed by atoms with Crippen molar-refractivity contribution in [2.24, 2.45) is 5.41 Å². The van der Waals surface area contributed by atoms with Gasteiger partial charge in [-0.05, 0) is 39.3 Å². The van der Waals surface area contributed by atoms with Crippen LogP contribution in [0.1, 0.15) is 41.0 Å². The van der Waals surface area contributed by atoms with E-state index in [1.807, 2.05) is 13.8 Å². The monoisotopic (exact) mass is 221 g/mol. The van der Waals surface area contributed by atoms with Gasteiger partial charge in [0.2, 0.25) is 0 Å². The number of aliphatic hydroxyl groups is 1. The maximum Gasteiger partial charge on any atom is 0.0597 e. The third kappa shape index (κ3) is 8.85. The normalized spacial score (nSPS) is 12.9. The molecule has 0 unspecified atom stereocenters. The fourth-order valence-corrected chi connectivity index (χ4v) is 2.07. The summed E-state index contributed by atoms with van der Waals surface area (Å²) in [7, 11) is 2.12. The van der Waals surface area contributed by atoms with E-state index in [4.69, 9.17) is 0 Å². The van der Waals surface area contributed by atoms with Crippen molar-refractivity contribution in [3.8, 4) is 0 Å². The summed E-state index contributed by atoms with van der Waals surface area (Å²) in [6.45, 7) is 12.4. The first-order valence-electron chi connectivity index (χ1n) is 5.07. The molecule has 0 aromatic rings. The van der Waals surface area contributed by atoms with Crippen LogP contribution in [0.4, 0.5) is 0 Å². The summed E-state index contributed by atoms with van der Waals surface area (Å²) in [5, 5.41) is 9.72. The van der Waals surface area contributed by atoms with Gasteiger partial charge < -0.3 is 10.0 Å². The van der Waals surface area contributed by atoms with Gasteiger partial charge >= 0.3 is 0 Å². The first kappa shape index (κ1) is 16.7. The summed E-state index contributed by atoms with van der Waals surface area (Å²) in [4.78, 5) is 2.28.